The van der Waals surface area contributed by atoms with Gasteiger partial charge in [0.2, 0.25) is 0 Å². The fraction of sp³-hybridized carbons (Fsp3) is 0.259. The number of carbonyl (C=O) groups is 1. The van der Waals surface area contributed by atoms with Crippen molar-refractivity contribution in [3.8, 4) is 11.5 Å². The van der Waals surface area contributed by atoms with Crippen LogP contribution >= 0.6 is 11.6 Å². The van der Waals surface area contributed by atoms with Gasteiger partial charge in [0.25, 0.3) is 5.91 Å². The van der Waals surface area contributed by atoms with Gasteiger partial charge in [-0.3, -0.25) is 4.79 Å². The Bertz CT molecular complexity index is 1220. The molecule has 1 heterocycles. The summed E-state index contributed by atoms with van der Waals surface area (Å²) in [5.74, 6) is 2.41. The number of fused-ring (bicyclic) bond motifs is 1. The summed E-state index contributed by atoms with van der Waals surface area (Å²) >= 11 is 5.92. The van der Waals surface area contributed by atoms with Crippen LogP contribution in [0.1, 0.15) is 29.0 Å². The Morgan fingerprint density at radius 3 is 2.47 bits per heavy atom. The van der Waals surface area contributed by atoms with Gasteiger partial charge in [0.15, 0.2) is 0 Å². The van der Waals surface area contributed by atoms with Gasteiger partial charge >= 0.3 is 0 Å². The van der Waals surface area contributed by atoms with E-state index >= 15 is 0 Å². The SMILES string of the molecule is COc1ccc(C(=O)NCCc2nc3ccccc3n2CCCCOc2ccc(Cl)cc2)cc1. The molecule has 4 rings (SSSR count). The predicted octanol–water partition coefficient (Wildman–Crippen LogP) is 5.53. The number of amides is 1. The Labute approximate surface area is 204 Å². The molecule has 176 valence electrons. The number of methoxy groups -OCH3 is 1. The van der Waals surface area contributed by atoms with Gasteiger partial charge in [-0.15, -0.1) is 0 Å². The molecule has 0 aliphatic rings. The zero-order valence-corrected chi connectivity index (χ0v) is 19.9. The monoisotopic (exact) mass is 477 g/mol. The zero-order valence-electron chi connectivity index (χ0n) is 19.2. The number of nitrogens with zero attached hydrogens (tertiary/aromatic N) is 2. The Kier molecular flexibility index (Phi) is 8.04. The van der Waals surface area contributed by atoms with E-state index in [0.29, 0.717) is 30.2 Å². The van der Waals surface area contributed by atoms with Crippen LogP contribution in [0.25, 0.3) is 11.0 Å². The molecule has 3 aromatic carbocycles. The van der Waals surface area contributed by atoms with E-state index in [1.807, 2.05) is 42.5 Å². The van der Waals surface area contributed by atoms with Crippen LogP contribution in [0.4, 0.5) is 0 Å². The summed E-state index contributed by atoms with van der Waals surface area (Å²) in [7, 11) is 1.61. The van der Waals surface area contributed by atoms with Crippen molar-refractivity contribution in [3.05, 3.63) is 89.2 Å². The fourth-order valence-electron chi connectivity index (χ4n) is 3.79. The molecule has 0 radical (unpaired) electrons. The molecule has 0 spiro atoms. The normalized spacial score (nSPS) is 10.9. The number of hydrogen-bond acceptors (Lipinski definition) is 4. The van der Waals surface area contributed by atoms with Crippen molar-refractivity contribution in [3.63, 3.8) is 0 Å². The van der Waals surface area contributed by atoms with E-state index in [2.05, 4.69) is 16.0 Å². The van der Waals surface area contributed by atoms with Crippen molar-refractivity contribution in [2.24, 2.45) is 0 Å². The molecule has 0 aliphatic heterocycles. The van der Waals surface area contributed by atoms with Crippen molar-refractivity contribution in [1.29, 1.82) is 0 Å². The first kappa shape index (κ1) is 23.6. The third-order valence-electron chi connectivity index (χ3n) is 5.58. The average Bonchev–Trinajstić information content (AvgIpc) is 3.22. The van der Waals surface area contributed by atoms with Gasteiger partial charge in [-0.05, 0) is 73.5 Å². The van der Waals surface area contributed by atoms with Crippen LogP contribution < -0.4 is 14.8 Å². The standard InChI is InChI=1S/C27H28ClN3O3/c1-33-22-12-8-20(9-13-22)27(32)29-17-16-26-30-24-6-2-3-7-25(24)31(26)18-4-5-19-34-23-14-10-21(28)11-15-23/h2-3,6-15H,4-5,16-19H2,1H3,(H,29,32). The highest BCUT2D eigenvalue weighted by Crippen LogP contribution is 2.19. The number of aromatic nitrogens is 2. The maximum atomic E-state index is 12.5. The number of carbonyl (C=O) groups excluding carboxylic acids is 1. The third kappa shape index (κ3) is 6.08. The second-order valence-electron chi connectivity index (χ2n) is 7.91. The average molecular weight is 478 g/mol. The minimum absolute atomic E-state index is 0.107. The number of benzene rings is 3. The first-order chi connectivity index (χ1) is 16.6. The van der Waals surface area contributed by atoms with Crippen molar-refractivity contribution in [2.45, 2.75) is 25.8 Å². The molecule has 0 bridgehead atoms. The molecule has 1 N–H and O–H groups in total. The van der Waals surface area contributed by atoms with Gasteiger partial charge in [-0.2, -0.15) is 0 Å². The van der Waals surface area contributed by atoms with Crippen LogP contribution in [-0.4, -0.2) is 35.7 Å². The molecule has 0 fully saturated rings. The number of para-hydroxylation sites is 2. The van der Waals surface area contributed by atoms with Gasteiger partial charge in [0.1, 0.15) is 17.3 Å². The number of ether oxygens (including phenoxy) is 2. The van der Waals surface area contributed by atoms with Gasteiger partial charge in [-0.25, -0.2) is 4.98 Å². The van der Waals surface area contributed by atoms with Crippen LogP contribution in [0.15, 0.2) is 72.8 Å². The number of nitrogens with one attached hydrogen (secondary N) is 1. The second kappa shape index (κ2) is 11.6. The van der Waals surface area contributed by atoms with Crippen LogP contribution in [0, 0.1) is 0 Å². The van der Waals surface area contributed by atoms with E-state index in [0.717, 1.165) is 47.7 Å². The van der Waals surface area contributed by atoms with Crippen LogP contribution in [0.2, 0.25) is 5.02 Å². The summed E-state index contributed by atoms with van der Waals surface area (Å²) in [6.07, 6.45) is 2.53. The summed E-state index contributed by atoms with van der Waals surface area (Å²) in [5.41, 5.74) is 2.68. The third-order valence-corrected chi connectivity index (χ3v) is 5.83. The molecule has 1 amide bonds. The van der Waals surface area contributed by atoms with Gasteiger partial charge < -0.3 is 19.4 Å². The minimum Gasteiger partial charge on any atom is -0.497 e. The molecule has 4 aromatic rings. The topological polar surface area (TPSA) is 65.4 Å². The highest BCUT2D eigenvalue weighted by molar-refractivity contribution is 6.30. The lowest BCUT2D eigenvalue weighted by Gasteiger charge is -2.11. The van der Waals surface area contributed by atoms with E-state index in [4.69, 9.17) is 26.1 Å². The molecular weight excluding hydrogens is 450 g/mol. The van der Waals surface area contributed by atoms with Crippen molar-refractivity contribution in [2.75, 3.05) is 20.3 Å². The highest BCUT2D eigenvalue weighted by Gasteiger charge is 2.11. The lowest BCUT2D eigenvalue weighted by molar-refractivity contribution is 0.0954. The second-order valence-corrected chi connectivity index (χ2v) is 8.35. The highest BCUT2D eigenvalue weighted by atomic mass is 35.5. The molecule has 0 unspecified atom stereocenters. The Hall–Kier alpha value is -3.51. The summed E-state index contributed by atoms with van der Waals surface area (Å²) in [6, 6.07) is 22.6. The molecule has 34 heavy (non-hydrogen) atoms. The van der Waals surface area contributed by atoms with Crippen molar-refractivity contribution >= 4 is 28.5 Å². The molecule has 7 heteroatoms. The van der Waals surface area contributed by atoms with Crippen LogP contribution in [0.5, 0.6) is 11.5 Å². The first-order valence-electron chi connectivity index (χ1n) is 11.4. The van der Waals surface area contributed by atoms with Gasteiger partial charge in [0, 0.05) is 30.1 Å². The zero-order chi connectivity index (χ0) is 23.8. The Balaban J connectivity index is 1.32. The summed E-state index contributed by atoms with van der Waals surface area (Å²) in [6.45, 7) is 1.99. The Morgan fingerprint density at radius 2 is 1.71 bits per heavy atom. The van der Waals surface area contributed by atoms with Gasteiger partial charge in [-0.1, -0.05) is 23.7 Å². The van der Waals surface area contributed by atoms with Crippen LogP contribution in [0.3, 0.4) is 0 Å². The van der Waals surface area contributed by atoms with Gasteiger partial charge in [0.05, 0.1) is 24.8 Å². The number of imidazole rings is 1. The lowest BCUT2D eigenvalue weighted by Crippen LogP contribution is -2.26. The fourth-order valence-corrected chi connectivity index (χ4v) is 3.92. The quantitative estimate of drug-likeness (QED) is 0.288. The van der Waals surface area contributed by atoms with Crippen LogP contribution in [-0.2, 0) is 13.0 Å². The smallest absolute Gasteiger partial charge is 0.251 e. The molecular formula is C27H28ClN3O3. The van der Waals surface area contributed by atoms with E-state index < -0.39 is 0 Å². The summed E-state index contributed by atoms with van der Waals surface area (Å²) in [4.78, 5) is 17.3. The van der Waals surface area contributed by atoms with E-state index in [1.165, 1.54) is 0 Å². The minimum atomic E-state index is -0.107. The molecule has 6 nitrogen and oxygen atoms in total. The number of hydrogen-bond donors (Lipinski definition) is 1. The number of unbranched alkanes of at least 4 members (excludes halogenated alkanes) is 1. The van der Waals surface area contributed by atoms with E-state index in [1.54, 1.807) is 31.4 Å². The Morgan fingerprint density at radius 1 is 0.971 bits per heavy atom. The molecule has 0 saturated heterocycles. The largest absolute Gasteiger partial charge is 0.497 e. The molecule has 0 saturated carbocycles. The van der Waals surface area contributed by atoms with Crippen molar-refractivity contribution < 1.29 is 14.3 Å². The van der Waals surface area contributed by atoms with E-state index in [-0.39, 0.29) is 5.91 Å². The molecule has 0 aliphatic carbocycles. The van der Waals surface area contributed by atoms with Crippen molar-refractivity contribution in [1.82, 2.24) is 14.9 Å². The molecule has 1 aromatic heterocycles. The van der Waals surface area contributed by atoms with E-state index in [9.17, 15) is 4.79 Å². The number of halogens is 1. The number of aryl methyl sites for hydroxylation is 1. The number of rotatable bonds is 11. The maximum absolute atomic E-state index is 12.5. The first-order valence-corrected chi connectivity index (χ1v) is 11.8. The maximum Gasteiger partial charge on any atom is 0.251 e. The predicted molar refractivity (Wildman–Crippen MR) is 135 cm³/mol. The summed E-state index contributed by atoms with van der Waals surface area (Å²) in [5, 5.41) is 3.69. The lowest BCUT2D eigenvalue weighted by atomic mass is 10.2. The molecule has 0 atom stereocenters. The summed E-state index contributed by atoms with van der Waals surface area (Å²) < 4.78 is 13.2.